The van der Waals surface area contributed by atoms with Gasteiger partial charge in [0.05, 0.1) is 32.2 Å². The SMILES string of the molecule is COc1cc(OC)c(F)c(COc2cnc(Nc3cccc(OC4CCNCC4)c3)nc2)c1F. The molecule has 0 spiro atoms. The van der Waals surface area contributed by atoms with Crippen molar-refractivity contribution in [2.45, 2.75) is 25.6 Å². The van der Waals surface area contributed by atoms with Crippen LogP contribution in [-0.2, 0) is 6.61 Å². The lowest BCUT2D eigenvalue weighted by Gasteiger charge is -2.24. The molecule has 0 amide bonds. The highest BCUT2D eigenvalue weighted by molar-refractivity contribution is 5.55. The number of nitrogens with zero attached hydrogens (tertiary/aromatic N) is 2. The van der Waals surface area contributed by atoms with E-state index in [-0.39, 0.29) is 28.9 Å². The molecule has 0 unspecified atom stereocenters. The Hall–Kier alpha value is -3.66. The van der Waals surface area contributed by atoms with Crippen molar-refractivity contribution >= 4 is 11.6 Å². The minimum atomic E-state index is -0.855. The first-order chi connectivity index (χ1) is 16.6. The van der Waals surface area contributed by atoms with Crippen molar-refractivity contribution in [1.82, 2.24) is 15.3 Å². The second-order valence-electron chi connectivity index (χ2n) is 7.64. The third-order valence-electron chi connectivity index (χ3n) is 5.36. The normalized spacial score (nSPS) is 13.9. The number of halogens is 2. The van der Waals surface area contributed by atoms with E-state index in [1.54, 1.807) is 0 Å². The molecule has 34 heavy (non-hydrogen) atoms. The van der Waals surface area contributed by atoms with Crippen molar-refractivity contribution in [3.05, 3.63) is 59.9 Å². The van der Waals surface area contributed by atoms with Crippen LogP contribution in [0.2, 0.25) is 0 Å². The molecule has 1 aliphatic rings. The molecular formula is C24H26F2N4O4. The molecule has 2 heterocycles. The standard InChI is InChI=1S/C24H26F2N4O4/c1-31-20-11-21(32-2)23(26)19(22(20)25)14-33-18-12-28-24(29-13-18)30-15-4-3-5-17(10-15)34-16-6-8-27-9-7-16/h3-5,10-13,16,27H,6-9,14H2,1-2H3,(H,28,29,30). The topological polar surface area (TPSA) is 86.8 Å². The van der Waals surface area contributed by atoms with Gasteiger partial charge in [0.2, 0.25) is 5.95 Å². The third-order valence-corrected chi connectivity index (χ3v) is 5.36. The van der Waals surface area contributed by atoms with E-state index in [0.717, 1.165) is 43.4 Å². The highest BCUT2D eigenvalue weighted by Gasteiger charge is 2.20. The van der Waals surface area contributed by atoms with E-state index in [1.807, 2.05) is 24.3 Å². The highest BCUT2D eigenvalue weighted by Crippen LogP contribution is 2.32. The van der Waals surface area contributed by atoms with Gasteiger partial charge in [0.15, 0.2) is 28.9 Å². The van der Waals surface area contributed by atoms with Crippen molar-refractivity contribution in [2.75, 3.05) is 32.6 Å². The Morgan fingerprint density at radius 3 is 2.29 bits per heavy atom. The van der Waals surface area contributed by atoms with Crippen LogP contribution in [0.25, 0.3) is 0 Å². The molecule has 1 aliphatic heterocycles. The lowest BCUT2D eigenvalue weighted by Crippen LogP contribution is -2.34. The molecule has 0 radical (unpaired) electrons. The second-order valence-corrected chi connectivity index (χ2v) is 7.64. The quantitative estimate of drug-likeness (QED) is 0.479. The lowest BCUT2D eigenvalue weighted by atomic mass is 10.1. The van der Waals surface area contributed by atoms with Gasteiger partial charge in [-0.05, 0) is 38.1 Å². The van der Waals surface area contributed by atoms with E-state index < -0.39 is 18.2 Å². The number of nitrogens with one attached hydrogen (secondary N) is 2. The summed E-state index contributed by atoms with van der Waals surface area (Å²) in [7, 11) is 2.57. The Balaban J connectivity index is 1.38. The molecule has 2 N–H and O–H groups in total. The van der Waals surface area contributed by atoms with Gasteiger partial charge in [0, 0.05) is 17.8 Å². The number of methoxy groups -OCH3 is 2. The first kappa shape index (κ1) is 23.5. The van der Waals surface area contributed by atoms with Gasteiger partial charge < -0.3 is 29.6 Å². The summed E-state index contributed by atoms with van der Waals surface area (Å²) in [6.45, 7) is 1.52. The lowest BCUT2D eigenvalue weighted by molar-refractivity contribution is 0.162. The molecule has 10 heteroatoms. The fraction of sp³-hybridized carbons (Fsp3) is 0.333. The molecule has 1 saturated heterocycles. The van der Waals surface area contributed by atoms with Crippen molar-refractivity contribution in [1.29, 1.82) is 0 Å². The molecule has 0 atom stereocenters. The van der Waals surface area contributed by atoms with E-state index >= 15 is 0 Å². The molecule has 4 rings (SSSR count). The molecule has 0 saturated carbocycles. The van der Waals surface area contributed by atoms with Gasteiger partial charge in [-0.25, -0.2) is 18.7 Å². The number of rotatable bonds is 9. The molecule has 8 nitrogen and oxygen atoms in total. The maximum absolute atomic E-state index is 14.5. The average Bonchev–Trinajstić information content (AvgIpc) is 2.86. The van der Waals surface area contributed by atoms with Gasteiger partial charge in [-0.1, -0.05) is 6.07 Å². The van der Waals surface area contributed by atoms with Gasteiger partial charge in [-0.3, -0.25) is 0 Å². The monoisotopic (exact) mass is 472 g/mol. The van der Waals surface area contributed by atoms with E-state index in [1.165, 1.54) is 26.6 Å². The molecule has 1 fully saturated rings. The van der Waals surface area contributed by atoms with Crippen LogP contribution < -0.4 is 29.6 Å². The van der Waals surface area contributed by atoms with Crippen LogP contribution >= 0.6 is 0 Å². The number of anilines is 2. The zero-order chi connectivity index (χ0) is 23.9. The molecule has 2 aromatic carbocycles. The first-order valence-corrected chi connectivity index (χ1v) is 10.9. The number of hydrogen-bond donors (Lipinski definition) is 2. The van der Waals surface area contributed by atoms with Gasteiger partial charge in [0.25, 0.3) is 0 Å². The second kappa shape index (κ2) is 11.0. The summed E-state index contributed by atoms with van der Waals surface area (Å²) < 4.78 is 50.4. The maximum atomic E-state index is 14.5. The van der Waals surface area contributed by atoms with Crippen LogP contribution in [-0.4, -0.2) is 43.4 Å². The number of aromatic nitrogens is 2. The number of benzene rings is 2. The summed E-state index contributed by atoms with van der Waals surface area (Å²) in [5, 5.41) is 6.42. The van der Waals surface area contributed by atoms with Crippen LogP contribution in [0.3, 0.4) is 0 Å². The Morgan fingerprint density at radius 2 is 1.65 bits per heavy atom. The zero-order valence-corrected chi connectivity index (χ0v) is 18.9. The molecule has 1 aromatic heterocycles. The third kappa shape index (κ3) is 5.63. The summed E-state index contributed by atoms with van der Waals surface area (Å²) in [4.78, 5) is 8.42. The predicted octanol–water partition coefficient (Wildman–Crippen LogP) is 4.23. The molecule has 3 aromatic rings. The van der Waals surface area contributed by atoms with Crippen LogP contribution in [0, 0.1) is 11.6 Å². The summed E-state index contributed by atoms with van der Waals surface area (Å²) in [6, 6.07) is 8.71. The van der Waals surface area contributed by atoms with Gasteiger partial charge in [-0.15, -0.1) is 0 Å². The van der Waals surface area contributed by atoms with Crippen molar-refractivity contribution in [3.63, 3.8) is 0 Å². The largest absolute Gasteiger partial charge is 0.494 e. The van der Waals surface area contributed by atoms with Crippen LogP contribution in [0.1, 0.15) is 18.4 Å². The minimum absolute atomic E-state index is 0.140. The predicted molar refractivity (Wildman–Crippen MR) is 122 cm³/mol. The highest BCUT2D eigenvalue weighted by atomic mass is 19.1. The Labute approximate surface area is 196 Å². The molecule has 0 bridgehead atoms. The van der Waals surface area contributed by atoms with Crippen molar-refractivity contribution in [3.8, 4) is 23.0 Å². The van der Waals surface area contributed by atoms with Crippen molar-refractivity contribution in [2.24, 2.45) is 0 Å². The number of hydrogen-bond acceptors (Lipinski definition) is 8. The van der Waals surface area contributed by atoms with E-state index in [4.69, 9.17) is 18.9 Å². The van der Waals surface area contributed by atoms with Crippen LogP contribution in [0.5, 0.6) is 23.0 Å². The fourth-order valence-corrected chi connectivity index (χ4v) is 3.56. The van der Waals surface area contributed by atoms with Crippen LogP contribution in [0.15, 0.2) is 42.7 Å². The molecule has 180 valence electrons. The Kier molecular flexibility index (Phi) is 7.58. The van der Waals surface area contributed by atoms with Gasteiger partial charge in [-0.2, -0.15) is 0 Å². The van der Waals surface area contributed by atoms with Crippen molar-refractivity contribution < 1.29 is 27.7 Å². The number of piperidine rings is 1. The summed E-state index contributed by atoms with van der Waals surface area (Å²) >= 11 is 0. The average molecular weight is 472 g/mol. The summed E-state index contributed by atoms with van der Waals surface area (Å²) in [5.41, 5.74) is 0.455. The smallest absolute Gasteiger partial charge is 0.227 e. The van der Waals surface area contributed by atoms with Gasteiger partial charge >= 0.3 is 0 Å². The zero-order valence-electron chi connectivity index (χ0n) is 18.9. The Morgan fingerprint density at radius 1 is 0.971 bits per heavy atom. The fourth-order valence-electron chi connectivity index (χ4n) is 3.56. The Bertz CT molecular complexity index is 1080. The van der Waals surface area contributed by atoms with Gasteiger partial charge in [0.1, 0.15) is 18.5 Å². The minimum Gasteiger partial charge on any atom is -0.494 e. The van der Waals surface area contributed by atoms with E-state index in [2.05, 4.69) is 20.6 Å². The maximum Gasteiger partial charge on any atom is 0.227 e. The molecular weight excluding hydrogens is 446 g/mol. The van der Waals surface area contributed by atoms with E-state index in [0.29, 0.717) is 5.95 Å². The van der Waals surface area contributed by atoms with Crippen LogP contribution in [0.4, 0.5) is 20.4 Å². The number of ether oxygens (including phenoxy) is 4. The first-order valence-electron chi connectivity index (χ1n) is 10.9. The van der Waals surface area contributed by atoms with E-state index in [9.17, 15) is 8.78 Å². The summed E-state index contributed by atoms with van der Waals surface area (Å²) in [5.74, 6) is -0.633. The summed E-state index contributed by atoms with van der Waals surface area (Å²) in [6.07, 6.45) is 4.97. The molecule has 0 aliphatic carbocycles.